The van der Waals surface area contributed by atoms with Crippen molar-refractivity contribution < 1.29 is 9.59 Å². The lowest BCUT2D eigenvalue weighted by molar-refractivity contribution is -0.131. The number of rotatable bonds is 4. The monoisotopic (exact) mass is 253 g/mol. The minimum absolute atomic E-state index is 0.133. The summed E-state index contributed by atoms with van der Waals surface area (Å²) in [5, 5.41) is 5.65. The van der Waals surface area contributed by atoms with Gasteiger partial charge in [-0.15, -0.1) is 0 Å². The van der Waals surface area contributed by atoms with Crippen LogP contribution in [0.25, 0.3) is 0 Å². The van der Waals surface area contributed by atoms with E-state index in [1.165, 1.54) is 12.8 Å². The van der Waals surface area contributed by atoms with E-state index in [9.17, 15) is 9.59 Å². The summed E-state index contributed by atoms with van der Waals surface area (Å²) in [5.74, 6) is 0.165. The summed E-state index contributed by atoms with van der Waals surface area (Å²) < 4.78 is 0. The van der Waals surface area contributed by atoms with Crippen molar-refractivity contribution in [2.75, 3.05) is 19.6 Å². The molecule has 2 N–H and O–H groups in total. The number of urea groups is 1. The molecule has 0 atom stereocenters. The van der Waals surface area contributed by atoms with Crippen LogP contribution in [0, 0.1) is 0 Å². The molecule has 0 aromatic heterocycles. The van der Waals surface area contributed by atoms with Gasteiger partial charge in [-0.3, -0.25) is 4.79 Å². The van der Waals surface area contributed by atoms with Gasteiger partial charge in [0.25, 0.3) is 0 Å². The van der Waals surface area contributed by atoms with Gasteiger partial charge >= 0.3 is 6.03 Å². The second kappa shape index (κ2) is 6.61. The van der Waals surface area contributed by atoms with Gasteiger partial charge in [-0.2, -0.15) is 0 Å². The first kappa shape index (κ1) is 13.2. The van der Waals surface area contributed by atoms with Crippen LogP contribution in [-0.4, -0.2) is 42.5 Å². The number of carbonyl (C=O) groups is 2. The van der Waals surface area contributed by atoms with E-state index >= 15 is 0 Å². The van der Waals surface area contributed by atoms with Gasteiger partial charge in [0, 0.05) is 32.1 Å². The normalized spacial score (nSPS) is 20.1. The molecule has 0 bridgehead atoms. The lowest BCUT2D eigenvalue weighted by atomic mass is 9.93. The van der Waals surface area contributed by atoms with E-state index in [0.717, 1.165) is 38.8 Å². The standard InChI is InChI=1S/C13H23N3O2/c17-12(16-9-2-1-3-10-16)7-8-14-13(18)15-11-5-4-6-11/h11H,1-10H2,(H2,14,15,18). The van der Waals surface area contributed by atoms with Crippen molar-refractivity contribution in [3.05, 3.63) is 0 Å². The molecule has 1 aliphatic heterocycles. The van der Waals surface area contributed by atoms with E-state index in [1.54, 1.807) is 0 Å². The molecule has 102 valence electrons. The van der Waals surface area contributed by atoms with Crippen molar-refractivity contribution in [3.63, 3.8) is 0 Å². The maximum Gasteiger partial charge on any atom is 0.315 e. The van der Waals surface area contributed by atoms with Crippen molar-refractivity contribution in [2.24, 2.45) is 0 Å². The van der Waals surface area contributed by atoms with Crippen LogP contribution in [0.5, 0.6) is 0 Å². The molecule has 1 saturated heterocycles. The number of piperidine rings is 1. The third-order valence-corrected chi connectivity index (χ3v) is 3.77. The van der Waals surface area contributed by atoms with Gasteiger partial charge in [0.05, 0.1) is 0 Å². The maximum absolute atomic E-state index is 11.8. The fourth-order valence-electron chi connectivity index (χ4n) is 2.37. The Labute approximate surface area is 108 Å². The lowest BCUT2D eigenvalue weighted by Gasteiger charge is -2.27. The van der Waals surface area contributed by atoms with Crippen LogP contribution >= 0.6 is 0 Å². The Morgan fingerprint density at radius 2 is 1.78 bits per heavy atom. The summed E-state index contributed by atoms with van der Waals surface area (Å²) in [5.41, 5.74) is 0. The van der Waals surface area contributed by atoms with E-state index in [2.05, 4.69) is 10.6 Å². The Hall–Kier alpha value is -1.26. The van der Waals surface area contributed by atoms with Crippen LogP contribution in [0.1, 0.15) is 44.9 Å². The molecule has 2 fully saturated rings. The molecule has 0 unspecified atom stereocenters. The third-order valence-electron chi connectivity index (χ3n) is 3.77. The number of nitrogens with zero attached hydrogens (tertiary/aromatic N) is 1. The third kappa shape index (κ3) is 3.89. The minimum atomic E-state index is -0.133. The largest absolute Gasteiger partial charge is 0.343 e. The van der Waals surface area contributed by atoms with E-state index in [0.29, 0.717) is 19.0 Å². The molecular formula is C13H23N3O2. The minimum Gasteiger partial charge on any atom is -0.343 e. The number of hydrogen-bond acceptors (Lipinski definition) is 2. The number of nitrogens with one attached hydrogen (secondary N) is 2. The van der Waals surface area contributed by atoms with Gasteiger partial charge in [-0.25, -0.2) is 4.79 Å². The molecule has 0 spiro atoms. The average molecular weight is 253 g/mol. The molecule has 5 nitrogen and oxygen atoms in total. The highest BCUT2D eigenvalue weighted by Crippen LogP contribution is 2.17. The fourth-order valence-corrected chi connectivity index (χ4v) is 2.37. The highest BCUT2D eigenvalue weighted by Gasteiger charge is 2.19. The Morgan fingerprint density at radius 1 is 1.06 bits per heavy atom. The molecule has 1 aliphatic carbocycles. The summed E-state index contributed by atoms with van der Waals surface area (Å²) in [6.45, 7) is 2.20. The van der Waals surface area contributed by atoms with Gasteiger partial charge in [0.2, 0.25) is 5.91 Å². The van der Waals surface area contributed by atoms with E-state index in [1.807, 2.05) is 4.90 Å². The topological polar surface area (TPSA) is 61.4 Å². The Morgan fingerprint density at radius 3 is 2.39 bits per heavy atom. The highest BCUT2D eigenvalue weighted by molar-refractivity contribution is 5.78. The second-order valence-corrected chi connectivity index (χ2v) is 5.22. The Balaban J connectivity index is 1.56. The number of hydrogen-bond donors (Lipinski definition) is 2. The lowest BCUT2D eigenvalue weighted by Crippen LogP contribution is -2.46. The molecule has 0 radical (unpaired) electrons. The van der Waals surface area contributed by atoms with Crippen LogP contribution < -0.4 is 10.6 Å². The second-order valence-electron chi connectivity index (χ2n) is 5.22. The number of amides is 3. The zero-order valence-electron chi connectivity index (χ0n) is 10.9. The van der Waals surface area contributed by atoms with Crippen LogP contribution in [0.15, 0.2) is 0 Å². The fraction of sp³-hybridized carbons (Fsp3) is 0.846. The van der Waals surface area contributed by atoms with Crippen molar-refractivity contribution in [1.82, 2.24) is 15.5 Å². The molecule has 2 rings (SSSR count). The molecule has 0 aromatic rings. The highest BCUT2D eigenvalue weighted by atomic mass is 16.2. The van der Waals surface area contributed by atoms with Gasteiger partial charge in [0.15, 0.2) is 0 Å². The first-order valence-electron chi connectivity index (χ1n) is 7.08. The molecule has 1 heterocycles. The van der Waals surface area contributed by atoms with Crippen LogP contribution in [0.4, 0.5) is 4.79 Å². The van der Waals surface area contributed by atoms with Crippen LogP contribution in [-0.2, 0) is 4.79 Å². The summed E-state index contributed by atoms with van der Waals surface area (Å²) in [6, 6.07) is 0.217. The predicted molar refractivity (Wildman–Crippen MR) is 69.2 cm³/mol. The van der Waals surface area contributed by atoms with Gasteiger partial charge < -0.3 is 15.5 Å². The smallest absolute Gasteiger partial charge is 0.315 e. The summed E-state index contributed by atoms with van der Waals surface area (Å²) in [7, 11) is 0. The summed E-state index contributed by atoms with van der Waals surface area (Å²) >= 11 is 0. The number of likely N-dealkylation sites (tertiary alicyclic amines) is 1. The summed E-state index contributed by atoms with van der Waals surface area (Å²) in [4.78, 5) is 25.2. The first-order valence-corrected chi connectivity index (χ1v) is 7.08. The van der Waals surface area contributed by atoms with Gasteiger partial charge in [0.1, 0.15) is 0 Å². The Bertz CT molecular complexity index is 297. The quantitative estimate of drug-likeness (QED) is 0.792. The first-order chi connectivity index (χ1) is 8.75. The van der Waals surface area contributed by atoms with Crippen LogP contribution in [0.2, 0.25) is 0 Å². The molecule has 5 heteroatoms. The predicted octanol–water partition coefficient (Wildman–Crippen LogP) is 1.24. The maximum atomic E-state index is 11.8. The van der Waals surface area contributed by atoms with Gasteiger partial charge in [-0.1, -0.05) is 0 Å². The molecule has 18 heavy (non-hydrogen) atoms. The van der Waals surface area contributed by atoms with Crippen molar-refractivity contribution in [2.45, 2.75) is 51.0 Å². The molecule has 1 saturated carbocycles. The zero-order valence-corrected chi connectivity index (χ0v) is 10.9. The molecule has 3 amide bonds. The van der Waals surface area contributed by atoms with E-state index in [-0.39, 0.29) is 11.9 Å². The van der Waals surface area contributed by atoms with Crippen molar-refractivity contribution in [3.8, 4) is 0 Å². The van der Waals surface area contributed by atoms with Crippen molar-refractivity contribution >= 4 is 11.9 Å². The average Bonchev–Trinajstić information content (AvgIpc) is 2.35. The van der Waals surface area contributed by atoms with E-state index < -0.39 is 0 Å². The van der Waals surface area contributed by atoms with Crippen LogP contribution in [0.3, 0.4) is 0 Å². The molecule has 0 aromatic carbocycles. The zero-order chi connectivity index (χ0) is 12.8. The number of carbonyl (C=O) groups excluding carboxylic acids is 2. The molecular weight excluding hydrogens is 230 g/mol. The summed E-state index contributed by atoms with van der Waals surface area (Å²) in [6.07, 6.45) is 7.24. The van der Waals surface area contributed by atoms with Crippen molar-refractivity contribution in [1.29, 1.82) is 0 Å². The SMILES string of the molecule is O=C(NCCC(=O)N1CCCCC1)NC1CCC1. The molecule has 2 aliphatic rings. The van der Waals surface area contributed by atoms with E-state index in [4.69, 9.17) is 0 Å². The van der Waals surface area contributed by atoms with Gasteiger partial charge in [-0.05, 0) is 38.5 Å². The Kier molecular flexibility index (Phi) is 4.84.